The van der Waals surface area contributed by atoms with E-state index >= 15 is 0 Å². The number of para-hydroxylation sites is 1. The van der Waals surface area contributed by atoms with Gasteiger partial charge in [0.05, 0.1) is 0 Å². The summed E-state index contributed by atoms with van der Waals surface area (Å²) < 4.78 is 5.40. The van der Waals surface area contributed by atoms with Crippen LogP contribution in [-0.2, 0) is 10.2 Å². The molecule has 0 spiro atoms. The molecular formula is C16H24O3. The van der Waals surface area contributed by atoms with Gasteiger partial charge in [0, 0.05) is 0 Å². The summed E-state index contributed by atoms with van der Waals surface area (Å²) in [6.07, 6.45) is 0.993. The largest absolute Gasteiger partial charge is 0.482 e. The van der Waals surface area contributed by atoms with Crippen LogP contribution in [0.15, 0.2) is 24.3 Å². The van der Waals surface area contributed by atoms with Gasteiger partial charge in [-0.3, -0.25) is 0 Å². The molecule has 0 saturated heterocycles. The van der Waals surface area contributed by atoms with Crippen LogP contribution in [0.25, 0.3) is 0 Å². The Bertz CT molecular complexity index is 442. The molecule has 0 bridgehead atoms. The van der Waals surface area contributed by atoms with Gasteiger partial charge in [-0.25, -0.2) is 4.79 Å². The Morgan fingerprint density at radius 2 is 1.74 bits per heavy atom. The highest BCUT2D eigenvalue weighted by atomic mass is 16.5. The Morgan fingerprint density at radius 1 is 1.16 bits per heavy atom. The molecule has 0 aliphatic rings. The predicted octanol–water partition coefficient (Wildman–Crippen LogP) is 3.86. The monoisotopic (exact) mass is 264 g/mol. The van der Waals surface area contributed by atoms with E-state index in [4.69, 9.17) is 9.84 Å². The fourth-order valence-electron chi connectivity index (χ4n) is 2.71. The van der Waals surface area contributed by atoms with E-state index in [1.54, 1.807) is 0 Å². The van der Waals surface area contributed by atoms with Crippen LogP contribution in [0.4, 0.5) is 0 Å². The molecule has 0 aromatic heterocycles. The van der Waals surface area contributed by atoms with E-state index in [0.717, 1.165) is 12.0 Å². The van der Waals surface area contributed by atoms with Crippen LogP contribution in [0.2, 0.25) is 0 Å². The Balaban J connectivity index is 3.01. The average Bonchev–Trinajstić information content (AvgIpc) is 2.23. The van der Waals surface area contributed by atoms with Gasteiger partial charge >= 0.3 is 5.97 Å². The zero-order chi connectivity index (χ0) is 14.7. The summed E-state index contributed by atoms with van der Waals surface area (Å²) in [7, 11) is 0. The summed E-state index contributed by atoms with van der Waals surface area (Å²) in [6.45, 7) is 10.6. The maximum absolute atomic E-state index is 10.6. The molecule has 0 fully saturated rings. The van der Waals surface area contributed by atoms with E-state index in [9.17, 15) is 4.79 Å². The average molecular weight is 264 g/mol. The van der Waals surface area contributed by atoms with Crippen molar-refractivity contribution in [3.8, 4) is 5.75 Å². The molecule has 3 heteroatoms. The van der Waals surface area contributed by atoms with Gasteiger partial charge in [0.1, 0.15) is 5.75 Å². The molecule has 0 heterocycles. The number of carboxylic acids is 1. The second kappa shape index (κ2) is 5.64. The van der Waals surface area contributed by atoms with Crippen LogP contribution in [-0.4, -0.2) is 17.7 Å². The first-order valence-electron chi connectivity index (χ1n) is 6.56. The van der Waals surface area contributed by atoms with E-state index in [2.05, 4.69) is 34.6 Å². The number of carboxylic acid groups (broad SMARTS) is 1. The Labute approximate surface area is 115 Å². The fourth-order valence-corrected chi connectivity index (χ4v) is 2.71. The normalized spacial score (nSPS) is 12.3. The first-order valence-corrected chi connectivity index (χ1v) is 6.56. The van der Waals surface area contributed by atoms with Crippen molar-refractivity contribution < 1.29 is 14.6 Å². The van der Waals surface area contributed by atoms with Gasteiger partial charge in [0.15, 0.2) is 6.61 Å². The van der Waals surface area contributed by atoms with Gasteiger partial charge in [-0.1, -0.05) is 52.8 Å². The summed E-state index contributed by atoms with van der Waals surface area (Å²) in [5, 5.41) is 8.73. The van der Waals surface area contributed by atoms with Crippen LogP contribution in [0, 0.1) is 5.41 Å². The molecule has 3 nitrogen and oxygen atoms in total. The molecule has 0 saturated carbocycles. The number of aliphatic carboxylic acids is 1. The molecule has 106 valence electrons. The molecule has 1 N–H and O–H groups in total. The van der Waals surface area contributed by atoms with Gasteiger partial charge in [0.2, 0.25) is 0 Å². The molecule has 1 aromatic carbocycles. The molecular weight excluding hydrogens is 240 g/mol. The zero-order valence-corrected chi connectivity index (χ0v) is 12.5. The highest BCUT2D eigenvalue weighted by molar-refractivity contribution is 5.68. The highest BCUT2D eigenvalue weighted by Gasteiger charge is 2.29. The van der Waals surface area contributed by atoms with Gasteiger partial charge in [0.25, 0.3) is 0 Å². The van der Waals surface area contributed by atoms with Crippen molar-refractivity contribution in [2.75, 3.05) is 6.61 Å². The van der Waals surface area contributed by atoms with Crippen molar-refractivity contribution in [2.45, 2.75) is 46.5 Å². The van der Waals surface area contributed by atoms with Crippen molar-refractivity contribution in [3.63, 3.8) is 0 Å². The second-order valence-corrected chi connectivity index (χ2v) is 6.80. The van der Waals surface area contributed by atoms with Gasteiger partial charge in [-0.05, 0) is 28.9 Å². The van der Waals surface area contributed by atoms with Crippen LogP contribution < -0.4 is 4.74 Å². The quantitative estimate of drug-likeness (QED) is 0.878. The maximum atomic E-state index is 10.6. The third kappa shape index (κ3) is 4.93. The first-order chi connectivity index (χ1) is 8.62. The molecule has 0 aliphatic heterocycles. The van der Waals surface area contributed by atoms with E-state index < -0.39 is 5.97 Å². The lowest BCUT2D eigenvalue weighted by Crippen LogP contribution is -2.26. The SMILES string of the molecule is CC(C)(C)CC(C)(C)c1ccccc1OCC(=O)O. The van der Waals surface area contributed by atoms with Crippen molar-refractivity contribution >= 4 is 5.97 Å². The standard InChI is InChI=1S/C16H24O3/c1-15(2,3)11-16(4,5)12-8-6-7-9-13(12)19-10-14(17)18/h6-9H,10-11H2,1-5H3,(H,17,18). The van der Waals surface area contributed by atoms with E-state index in [1.165, 1.54) is 0 Å². The fraction of sp³-hybridized carbons (Fsp3) is 0.562. The predicted molar refractivity (Wildman–Crippen MR) is 76.7 cm³/mol. The number of rotatable bonds is 5. The number of carbonyl (C=O) groups is 1. The maximum Gasteiger partial charge on any atom is 0.341 e. The highest BCUT2D eigenvalue weighted by Crippen LogP contribution is 2.40. The summed E-state index contributed by atoms with van der Waals surface area (Å²) in [4.78, 5) is 10.6. The summed E-state index contributed by atoms with van der Waals surface area (Å²) in [5.74, 6) is -0.289. The van der Waals surface area contributed by atoms with Gasteiger partial charge in [-0.15, -0.1) is 0 Å². The van der Waals surface area contributed by atoms with Crippen LogP contribution >= 0.6 is 0 Å². The molecule has 1 rings (SSSR count). The van der Waals surface area contributed by atoms with Crippen molar-refractivity contribution in [3.05, 3.63) is 29.8 Å². The van der Waals surface area contributed by atoms with Crippen LogP contribution in [0.3, 0.4) is 0 Å². The van der Waals surface area contributed by atoms with Crippen molar-refractivity contribution in [2.24, 2.45) is 5.41 Å². The number of ether oxygens (including phenoxy) is 1. The van der Waals surface area contributed by atoms with Gasteiger partial charge < -0.3 is 9.84 Å². The van der Waals surface area contributed by atoms with E-state index in [1.807, 2.05) is 24.3 Å². The summed E-state index contributed by atoms with van der Waals surface area (Å²) in [5.41, 5.74) is 1.20. The Kier molecular flexibility index (Phi) is 4.61. The Morgan fingerprint density at radius 3 is 2.26 bits per heavy atom. The second-order valence-electron chi connectivity index (χ2n) is 6.80. The number of benzene rings is 1. The van der Waals surface area contributed by atoms with E-state index in [0.29, 0.717) is 5.75 Å². The third-order valence-electron chi connectivity index (χ3n) is 2.94. The molecule has 0 atom stereocenters. The smallest absolute Gasteiger partial charge is 0.341 e. The molecule has 0 radical (unpaired) electrons. The van der Waals surface area contributed by atoms with E-state index in [-0.39, 0.29) is 17.4 Å². The third-order valence-corrected chi connectivity index (χ3v) is 2.94. The molecule has 1 aromatic rings. The van der Waals surface area contributed by atoms with Crippen LogP contribution in [0.5, 0.6) is 5.75 Å². The van der Waals surface area contributed by atoms with Crippen LogP contribution in [0.1, 0.15) is 46.6 Å². The minimum Gasteiger partial charge on any atom is -0.482 e. The summed E-state index contributed by atoms with van der Waals surface area (Å²) in [6, 6.07) is 7.69. The lowest BCUT2D eigenvalue weighted by Gasteiger charge is -2.34. The minimum atomic E-state index is -0.955. The topological polar surface area (TPSA) is 46.5 Å². The molecule has 0 aliphatic carbocycles. The molecule has 0 unspecified atom stereocenters. The van der Waals surface area contributed by atoms with Crippen molar-refractivity contribution in [1.29, 1.82) is 0 Å². The van der Waals surface area contributed by atoms with Gasteiger partial charge in [-0.2, -0.15) is 0 Å². The zero-order valence-electron chi connectivity index (χ0n) is 12.5. The summed E-state index contributed by atoms with van der Waals surface area (Å²) >= 11 is 0. The molecule has 0 amide bonds. The van der Waals surface area contributed by atoms with Crippen molar-refractivity contribution in [1.82, 2.24) is 0 Å². The lowest BCUT2D eigenvalue weighted by atomic mass is 9.72. The lowest BCUT2D eigenvalue weighted by molar-refractivity contribution is -0.139. The Hall–Kier alpha value is -1.51. The number of hydrogen-bond acceptors (Lipinski definition) is 2. The first kappa shape index (κ1) is 15.5. The number of hydrogen-bond donors (Lipinski definition) is 1. The minimum absolute atomic E-state index is 0.0622. The molecule has 19 heavy (non-hydrogen) atoms.